The fraction of sp³-hybridized carbons (Fsp3) is 0.500. The van der Waals surface area contributed by atoms with Crippen molar-refractivity contribution in [3.05, 3.63) is 51.7 Å². The van der Waals surface area contributed by atoms with Crippen molar-refractivity contribution < 1.29 is 4.74 Å². The quantitative estimate of drug-likeness (QED) is 0.768. The Morgan fingerprint density at radius 1 is 1.30 bits per heavy atom. The van der Waals surface area contributed by atoms with Crippen molar-refractivity contribution in [1.29, 1.82) is 0 Å². The molecule has 0 fully saturated rings. The van der Waals surface area contributed by atoms with Gasteiger partial charge in [-0.15, -0.1) is 11.3 Å². The smallest absolute Gasteiger partial charge is 0.119 e. The molecule has 1 aromatic carbocycles. The van der Waals surface area contributed by atoms with Crippen LogP contribution in [0, 0.1) is 5.92 Å². The lowest BCUT2D eigenvalue weighted by atomic mass is 9.77. The standard InChI is InChI=1S/C20H27NOS/c1-15-11-16-13-18(22-3)6-7-20(16)17(12-15)14-21(2)9-8-19-5-4-10-23-19/h4-7,10,13,15,17H,8-9,11-12,14H2,1-3H3. The van der Waals surface area contributed by atoms with Crippen molar-refractivity contribution in [3.63, 3.8) is 0 Å². The molecule has 0 bridgehead atoms. The molecule has 0 aliphatic heterocycles. The predicted octanol–water partition coefficient (Wildman–Crippen LogP) is 4.60. The third-order valence-corrected chi connectivity index (χ3v) is 5.83. The maximum Gasteiger partial charge on any atom is 0.119 e. The van der Waals surface area contributed by atoms with Gasteiger partial charge in [0.15, 0.2) is 0 Å². The third-order valence-electron chi connectivity index (χ3n) is 4.90. The van der Waals surface area contributed by atoms with E-state index in [0.717, 1.165) is 31.2 Å². The van der Waals surface area contributed by atoms with Gasteiger partial charge in [-0.3, -0.25) is 0 Å². The highest BCUT2D eigenvalue weighted by molar-refractivity contribution is 7.09. The van der Waals surface area contributed by atoms with Gasteiger partial charge in [-0.2, -0.15) is 0 Å². The first-order chi connectivity index (χ1) is 11.2. The van der Waals surface area contributed by atoms with E-state index in [9.17, 15) is 0 Å². The molecule has 0 N–H and O–H groups in total. The van der Waals surface area contributed by atoms with Crippen LogP contribution in [0.3, 0.4) is 0 Å². The SMILES string of the molecule is COc1ccc2c(c1)CC(C)CC2CN(C)CCc1cccs1. The second kappa shape index (κ2) is 7.50. The van der Waals surface area contributed by atoms with E-state index < -0.39 is 0 Å². The summed E-state index contributed by atoms with van der Waals surface area (Å²) in [5.74, 6) is 2.39. The van der Waals surface area contributed by atoms with Crippen LogP contribution < -0.4 is 4.74 Å². The molecule has 0 spiro atoms. The van der Waals surface area contributed by atoms with Crippen molar-refractivity contribution in [2.75, 3.05) is 27.2 Å². The highest BCUT2D eigenvalue weighted by Crippen LogP contribution is 2.36. The van der Waals surface area contributed by atoms with Crippen LogP contribution in [0.5, 0.6) is 5.75 Å². The van der Waals surface area contributed by atoms with E-state index in [0.29, 0.717) is 5.92 Å². The average Bonchev–Trinajstić information content (AvgIpc) is 3.05. The fourth-order valence-electron chi connectivity index (χ4n) is 3.75. The number of benzene rings is 1. The number of rotatable bonds is 6. The molecule has 1 aromatic heterocycles. The van der Waals surface area contributed by atoms with Crippen LogP contribution in [-0.4, -0.2) is 32.1 Å². The Hall–Kier alpha value is -1.32. The number of thiophene rings is 1. The molecule has 0 saturated carbocycles. The predicted molar refractivity (Wildman–Crippen MR) is 98.7 cm³/mol. The van der Waals surface area contributed by atoms with Crippen LogP contribution in [-0.2, 0) is 12.8 Å². The van der Waals surface area contributed by atoms with Crippen LogP contribution in [0.25, 0.3) is 0 Å². The van der Waals surface area contributed by atoms with Crippen molar-refractivity contribution in [1.82, 2.24) is 4.90 Å². The molecule has 2 nitrogen and oxygen atoms in total. The largest absolute Gasteiger partial charge is 0.497 e. The molecule has 1 aliphatic carbocycles. The molecule has 0 saturated heterocycles. The molecule has 1 aliphatic rings. The molecule has 124 valence electrons. The van der Waals surface area contributed by atoms with Crippen LogP contribution >= 0.6 is 11.3 Å². The minimum Gasteiger partial charge on any atom is -0.497 e. The minimum atomic E-state index is 0.646. The van der Waals surface area contributed by atoms with Gasteiger partial charge in [-0.1, -0.05) is 19.1 Å². The third kappa shape index (κ3) is 4.15. The number of hydrogen-bond donors (Lipinski definition) is 0. The van der Waals surface area contributed by atoms with Gasteiger partial charge in [0.05, 0.1) is 7.11 Å². The van der Waals surface area contributed by atoms with Crippen LogP contribution in [0.2, 0.25) is 0 Å². The number of likely N-dealkylation sites (N-methyl/N-ethyl adjacent to an activating group) is 1. The summed E-state index contributed by atoms with van der Waals surface area (Å²) in [5, 5.41) is 2.17. The van der Waals surface area contributed by atoms with E-state index in [2.05, 4.69) is 54.6 Å². The second-order valence-corrected chi connectivity index (χ2v) is 7.93. The summed E-state index contributed by atoms with van der Waals surface area (Å²) in [6.07, 6.45) is 3.64. The van der Waals surface area contributed by atoms with Gasteiger partial charge in [-0.05, 0) is 72.9 Å². The molecule has 3 heteroatoms. The Bertz CT molecular complexity index is 623. The van der Waals surface area contributed by atoms with E-state index in [1.54, 1.807) is 7.11 Å². The zero-order valence-electron chi connectivity index (χ0n) is 14.4. The summed E-state index contributed by atoms with van der Waals surface area (Å²) < 4.78 is 5.40. The van der Waals surface area contributed by atoms with E-state index in [4.69, 9.17) is 4.74 Å². The Morgan fingerprint density at radius 2 is 2.17 bits per heavy atom. The van der Waals surface area contributed by atoms with Gasteiger partial charge in [0.1, 0.15) is 5.75 Å². The Labute approximate surface area is 144 Å². The van der Waals surface area contributed by atoms with Crippen LogP contribution in [0.15, 0.2) is 35.7 Å². The lowest BCUT2D eigenvalue weighted by molar-refractivity contribution is 0.284. The van der Waals surface area contributed by atoms with Gasteiger partial charge >= 0.3 is 0 Å². The molecule has 3 rings (SSSR count). The highest BCUT2D eigenvalue weighted by atomic mass is 32.1. The lowest BCUT2D eigenvalue weighted by Gasteiger charge is -2.33. The second-order valence-electron chi connectivity index (χ2n) is 6.90. The molecule has 2 aromatic rings. The summed E-state index contributed by atoms with van der Waals surface area (Å²) in [7, 11) is 4.01. The molecule has 23 heavy (non-hydrogen) atoms. The molecule has 2 unspecified atom stereocenters. The maximum absolute atomic E-state index is 5.40. The van der Waals surface area contributed by atoms with Gasteiger partial charge in [0, 0.05) is 18.0 Å². The summed E-state index contributed by atoms with van der Waals surface area (Å²) in [5.41, 5.74) is 3.02. The average molecular weight is 330 g/mol. The summed E-state index contributed by atoms with van der Waals surface area (Å²) in [6.45, 7) is 4.66. The molecule has 0 radical (unpaired) electrons. The highest BCUT2D eigenvalue weighted by Gasteiger charge is 2.25. The zero-order chi connectivity index (χ0) is 16.2. The van der Waals surface area contributed by atoms with Crippen LogP contribution in [0.1, 0.15) is 35.3 Å². The minimum absolute atomic E-state index is 0.646. The number of nitrogens with zero attached hydrogens (tertiary/aromatic N) is 1. The number of ether oxygens (including phenoxy) is 1. The van der Waals surface area contributed by atoms with Gasteiger partial charge < -0.3 is 9.64 Å². The number of hydrogen-bond acceptors (Lipinski definition) is 3. The van der Waals surface area contributed by atoms with E-state index in [1.807, 2.05) is 11.3 Å². The van der Waals surface area contributed by atoms with E-state index in [1.165, 1.54) is 28.8 Å². The van der Waals surface area contributed by atoms with E-state index >= 15 is 0 Å². The summed E-state index contributed by atoms with van der Waals surface area (Å²) in [4.78, 5) is 3.98. The fourth-order valence-corrected chi connectivity index (χ4v) is 4.45. The summed E-state index contributed by atoms with van der Waals surface area (Å²) >= 11 is 1.86. The van der Waals surface area contributed by atoms with Gasteiger partial charge in [0.25, 0.3) is 0 Å². The zero-order valence-corrected chi connectivity index (χ0v) is 15.2. The molecule has 2 atom stereocenters. The lowest BCUT2D eigenvalue weighted by Crippen LogP contribution is -2.30. The van der Waals surface area contributed by atoms with Gasteiger partial charge in [0.2, 0.25) is 0 Å². The van der Waals surface area contributed by atoms with Gasteiger partial charge in [-0.25, -0.2) is 0 Å². The Kier molecular flexibility index (Phi) is 5.39. The first-order valence-electron chi connectivity index (χ1n) is 8.53. The summed E-state index contributed by atoms with van der Waals surface area (Å²) in [6, 6.07) is 11.0. The maximum atomic E-state index is 5.40. The normalized spacial score (nSPS) is 20.5. The number of fused-ring (bicyclic) bond motifs is 1. The van der Waals surface area contributed by atoms with E-state index in [-0.39, 0.29) is 0 Å². The molecular formula is C20H27NOS. The molecular weight excluding hydrogens is 302 g/mol. The first kappa shape index (κ1) is 16.5. The number of methoxy groups -OCH3 is 1. The monoisotopic (exact) mass is 329 g/mol. The van der Waals surface area contributed by atoms with Crippen LogP contribution in [0.4, 0.5) is 0 Å². The molecule has 0 amide bonds. The Balaban J connectivity index is 1.65. The van der Waals surface area contributed by atoms with Crippen molar-refractivity contribution >= 4 is 11.3 Å². The Morgan fingerprint density at radius 3 is 2.91 bits per heavy atom. The topological polar surface area (TPSA) is 12.5 Å². The van der Waals surface area contributed by atoms with Crippen molar-refractivity contribution in [3.8, 4) is 5.75 Å². The van der Waals surface area contributed by atoms with Crippen molar-refractivity contribution in [2.45, 2.75) is 32.1 Å². The van der Waals surface area contributed by atoms with Crippen molar-refractivity contribution in [2.24, 2.45) is 5.92 Å². The first-order valence-corrected chi connectivity index (χ1v) is 9.41. The molecule has 1 heterocycles.